The van der Waals surface area contributed by atoms with Gasteiger partial charge in [-0.3, -0.25) is 4.79 Å². The molecule has 0 spiro atoms. The first-order valence-electron chi connectivity index (χ1n) is 5.41. The lowest BCUT2D eigenvalue weighted by molar-refractivity contribution is 0.0944. The average molecular weight is 241 g/mol. The van der Waals surface area contributed by atoms with Crippen LogP contribution >= 0.6 is 0 Å². The third-order valence-electron chi connectivity index (χ3n) is 2.48. The van der Waals surface area contributed by atoms with Crippen molar-refractivity contribution >= 4 is 16.9 Å². The molecule has 0 saturated carbocycles. The summed E-state index contributed by atoms with van der Waals surface area (Å²) in [5, 5.41) is 3.21. The fourth-order valence-electron chi connectivity index (χ4n) is 1.54. The van der Waals surface area contributed by atoms with E-state index in [4.69, 9.17) is 10.8 Å². The Kier molecular flexibility index (Phi) is 3.16. The summed E-state index contributed by atoms with van der Waals surface area (Å²) in [6.07, 6.45) is 5.16. The highest BCUT2D eigenvalue weighted by Crippen LogP contribution is 2.12. The van der Waals surface area contributed by atoms with E-state index in [-0.39, 0.29) is 5.56 Å². The maximum absolute atomic E-state index is 11.8. The lowest BCUT2D eigenvalue weighted by atomic mass is 10.1. The van der Waals surface area contributed by atoms with E-state index < -0.39 is 17.6 Å². The van der Waals surface area contributed by atoms with Crippen LogP contribution in [-0.4, -0.2) is 11.9 Å². The molecular weight excluding hydrogens is 230 g/mol. The van der Waals surface area contributed by atoms with E-state index in [9.17, 15) is 9.59 Å². The average Bonchev–Trinajstić information content (AvgIpc) is 2.37. The van der Waals surface area contributed by atoms with E-state index in [2.05, 4.69) is 11.2 Å². The van der Waals surface area contributed by atoms with Gasteiger partial charge in [0.1, 0.15) is 11.1 Å². The standard InChI is InChI=1S/C14H11NO3/c1-3-9(2)15-13(16)11-8-10-6-4-5-7-12(10)18-14(11)17/h1,4-9H,2H3,(H,15,16). The number of nitrogens with one attached hydrogen (secondary N) is 1. The number of para-hydroxylation sites is 1. The first kappa shape index (κ1) is 11.9. The van der Waals surface area contributed by atoms with Crippen LogP contribution in [-0.2, 0) is 0 Å². The van der Waals surface area contributed by atoms with Gasteiger partial charge in [0, 0.05) is 5.39 Å². The molecule has 1 N–H and O–H groups in total. The van der Waals surface area contributed by atoms with Crippen LogP contribution in [0.2, 0.25) is 0 Å². The van der Waals surface area contributed by atoms with Gasteiger partial charge in [-0.25, -0.2) is 4.79 Å². The fourth-order valence-corrected chi connectivity index (χ4v) is 1.54. The van der Waals surface area contributed by atoms with Gasteiger partial charge < -0.3 is 9.73 Å². The zero-order chi connectivity index (χ0) is 13.1. The van der Waals surface area contributed by atoms with Gasteiger partial charge in [-0.2, -0.15) is 0 Å². The first-order chi connectivity index (χ1) is 8.61. The van der Waals surface area contributed by atoms with Crippen LogP contribution in [0.1, 0.15) is 17.3 Å². The number of hydrogen-bond donors (Lipinski definition) is 1. The largest absolute Gasteiger partial charge is 0.422 e. The SMILES string of the molecule is C#CC(C)NC(=O)c1cc2ccccc2oc1=O. The number of terminal acetylenes is 1. The highest BCUT2D eigenvalue weighted by atomic mass is 16.4. The van der Waals surface area contributed by atoms with Gasteiger partial charge in [0.05, 0.1) is 6.04 Å². The van der Waals surface area contributed by atoms with Crippen LogP contribution in [0.5, 0.6) is 0 Å². The van der Waals surface area contributed by atoms with Gasteiger partial charge in [-0.05, 0) is 19.1 Å². The number of benzene rings is 1. The Morgan fingerprint density at radius 2 is 2.17 bits per heavy atom. The summed E-state index contributed by atoms with van der Waals surface area (Å²) >= 11 is 0. The van der Waals surface area contributed by atoms with Crippen molar-refractivity contribution in [2.24, 2.45) is 0 Å². The Morgan fingerprint density at radius 1 is 1.44 bits per heavy atom. The van der Waals surface area contributed by atoms with E-state index in [1.807, 2.05) is 0 Å². The molecule has 1 unspecified atom stereocenters. The second-order valence-electron chi connectivity index (χ2n) is 3.85. The van der Waals surface area contributed by atoms with Crippen LogP contribution in [0.15, 0.2) is 39.5 Å². The quantitative estimate of drug-likeness (QED) is 0.641. The van der Waals surface area contributed by atoms with E-state index in [1.54, 1.807) is 31.2 Å². The Morgan fingerprint density at radius 3 is 2.89 bits per heavy atom. The predicted octanol–water partition coefficient (Wildman–Crippen LogP) is 1.54. The molecule has 0 aliphatic carbocycles. The Hall–Kier alpha value is -2.54. The molecule has 4 nitrogen and oxygen atoms in total. The van der Waals surface area contributed by atoms with E-state index in [0.717, 1.165) is 0 Å². The molecule has 0 aliphatic rings. The third-order valence-corrected chi connectivity index (χ3v) is 2.48. The van der Waals surface area contributed by atoms with Crippen LogP contribution in [0, 0.1) is 12.3 Å². The molecule has 0 radical (unpaired) electrons. The summed E-state index contributed by atoms with van der Waals surface area (Å²) < 4.78 is 5.06. The topological polar surface area (TPSA) is 59.3 Å². The first-order valence-corrected chi connectivity index (χ1v) is 5.41. The predicted molar refractivity (Wildman–Crippen MR) is 68.2 cm³/mol. The van der Waals surface area contributed by atoms with Gasteiger partial charge in [-0.15, -0.1) is 6.42 Å². The molecule has 1 aromatic heterocycles. The third kappa shape index (κ3) is 2.25. The molecule has 0 bridgehead atoms. The highest BCUT2D eigenvalue weighted by molar-refractivity contribution is 5.96. The monoisotopic (exact) mass is 241 g/mol. The Labute approximate surface area is 104 Å². The summed E-state index contributed by atoms with van der Waals surface area (Å²) in [4.78, 5) is 23.5. The van der Waals surface area contributed by atoms with Gasteiger partial charge in [0.2, 0.25) is 0 Å². The summed E-state index contributed by atoms with van der Waals surface area (Å²) in [5.41, 5.74) is -0.268. The van der Waals surface area contributed by atoms with Crippen LogP contribution < -0.4 is 10.9 Å². The van der Waals surface area contributed by atoms with E-state index in [0.29, 0.717) is 11.0 Å². The second-order valence-corrected chi connectivity index (χ2v) is 3.85. The minimum absolute atomic E-state index is 0.0456. The zero-order valence-corrected chi connectivity index (χ0v) is 9.77. The zero-order valence-electron chi connectivity index (χ0n) is 9.77. The van der Waals surface area contributed by atoms with Crippen molar-refractivity contribution in [1.29, 1.82) is 0 Å². The Balaban J connectivity index is 2.45. The van der Waals surface area contributed by atoms with E-state index in [1.165, 1.54) is 6.07 Å². The smallest absolute Gasteiger partial charge is 0.349 e. The lowest BCUT2D eigenvalue weighted by Gasteiger charge is -2.07. The van der Waals surface area contributed by atoms with Crippen LogP contribution in [0.3, 0.4) is 0 Å². The van der Waals surface area contributed by atoms with Crippen molar-refractivity contribution in [2.45, 2.75) is 13.0 Å². The van der Waals surface area contributed by atoms with Gasteiger partial charge in [-0.1, -0.05) is 24.1 Å². The van der Waals surface area contributed by atoms with Crippen molar-refractivity contribution in [1.82, 2.24) is 5.32 Å². The normalized spacial score (nSPS) is 11.8. The maximum atomic E-state index is 11.8. The molecule has 0 aliphatic heterocycles. The number of fused-ring (bicyclic) bond motifs is 1. The number of carbonyl (C=O) groups is 1. The number of hydrogen-bond acceptors (Lipinski definition) is 3. The van der Waals surface area contributed by atoms with Crippen LogP contribution in [0.25, 0.3) is 11.0 Å². The van der Waals surface area contributed by atoms with Crippen molar-refractivity contribution < 1.29 is 9.21 Å². The molecule has 4 heteroatoms. The van der Waals surface area contributed by atoms with Crippen molar-refractivity contribution in [3.8, 4) is 12.3 Å². The molecule has 18 heavy (non-hydrogen) atoms. The van der Waals surface area contributed by atoms with Crippen molar-refractivity contribution in [2.75, 3.05) is 0 Å². The summed E-state index contributed by atoms with van der Waals surface area (Å²) in [7, 11) is 0. The van der Waals surface area contributed by atoms with Gasteiger partial charge >= 0.3 is 5.63 Å². The van der Waals surface area contributed by atoms with Gasteiger partial charge in [0.25, 0.3) is 5.91 Å². The molecule has 1 aromatic carbocycles. The van der Waals surface area contributed by atoms with Gasteiger partial charge in [0.15, 0.2) is 0 Å². The number of carbonyl (C=O) groups excluding carboxylic acids is 1. The maximum Gasteiger partial charge on any atom is 0.349 e. The Bertz CT molecular complexity index is 694. The second kappa shape index (κ2) is 4.76. The molecular formula is C14H11NO3. The summed E-state index contributed by atoms with van der Waals surface area (Å²) in [6, 6.07) is 8.05. The fraction of sp³-hybridized carbons (Fsp3) is 0.143. The number of rotatable bonds is 2. The molecule has 0 saturated heterocycles. The summed E-state index contributed by atoms with van der Waals surface area (Å²) in [5.74, 6) is 1.83. The molecule has 2 rings (SSSR count). The molecule has 1 heterocycles. The van der Waals surface area contributed by atoms with Crippen LogP contribution in [0.4, 0.5) is 0 Å². The van der Waals surface area contributed by atoms with E-state index >= 15 is 0 Å². The lowest BCUT2D eigenvalue weighted by Crippen LogP contribution is -2.34. The molecule has 90 valence electrons. The molecule has 1 amide bonds. The highest BCUT2D eigenvalue weighted by Gasteiger charge is 2.14. The minimum Gasteiger partial charge on any atom is -0.422 e. The van der Waals surface area contributed by atoms with Crippen molar-refractivity contribution in [3.05, 3.63) is 46.3 Å². The van der Waals surface area contributed by atoms with Crippen molar-refractivity contribution in [3.63, 3.8) is 0 Å². The molecule has 2 aromatic rings. The molecule has 0 fully saturated rings. The number of amides is 1. The summed E-state index contributed by atoms with van der Waals surface area (Å²) in [6.45, 7) is 1.65. The molecule has 1 atom stereocenters. The minimum atomic E-state index is -0.671.